The van der Waals surface area contributed by atoms with Gasteiger partial charge < -0.3 is 0 Å². The van der Waals surface area contributed by atoms with Crippen molar-refractivity contribution in [3.63, 3.8) is 0 Å². The molecule has 0 rings (SSSR count). The molecule has 0 unspecified atom stereocenters. The van der Waals surface area contributed by atoms with Crippen LogP contribution in [-0.4, -0.2) is 30.5 Å². The van der Waals surface area contributed by atoms with E-state index >= 15 is 0 Å². The summed E-state index contributed by atoms with van der Waals surface area (Å²) in [6, 6.07) is 0. The van der Waals surface area contributed by atoms with E-state index in [1.54, 1.807) is 0 Å². The molecule has 0 heterocycles. The molecule has 0 aliphatic heterocycles. The Labute approximate surface area is 94.7 Å². The minimum Gasteiger partial charge on any atom is -0.288 e. The molecule has 0 amide bonds. The van der Waals surface area contributed by atoms with E-state index in [1.807, 2.05) is 0 Å². The van der Waals surface area contributed by atoms with Gasteiger partial charge in [0.15, 0.2) is 0 Å². The van der Waals surface area contributed by atoms with Crippen LogP contribution in [0.25, 0.3) is 0 Å². The van der Waals surface area contributed by atoms with Gasteiger partial charge in [0.05, 0.1) is 0 Å². The van der Waals surface area contributed by atoms with Crippen molar-refractivity contribution < 1.29 is 57.5 Å². The van der Waals surface area contributed by atoms with E-state index in [-0.39, 0.29) is 0 Å². The highest BCUT2D eigenvalue weighted by Crippen LogP contribution is 2.61. The zero-order chi connectivity index (χ0) is 16.1. The number of alkyl halides is 12. The van der Waals surface area contributed by atoms with Gasteiger partial charge in [0, 0.05) is 0 Å². The predicted molar refractivity (Wildman–Crippen MR) is 31.7 cm³/mol. The summed E-state index contributed by atoms with van der Waals surface area (Å²) in [7, 11) is 0. The van der Waals surface area contributed by atoms with Crippen LogP contribution < -0.4 is 0 Å². The van der Waals surface area contributed by atoms with Gasteiger partial charge in [-0.15, -0.1) is 0 Å². The fourth-order valence-corrected chi connectivity index (χ4v) is 1.08. The van der Waals surface area contributed by atoms with Crippen LogP contribution in [0, 0.1) is 5.41 Å². The number of hydrogen-bond donors (Lipinski definition) is 0. The van der Waals surface area contributed by atoms with Gasteiger partial charge in [-0.1, -0.05) is 0 Å². The molecule has 19 heavy (non-hydrogen) atoms. The first-order chi connectivity index (χ1) is 7.90. The van der Waals surface area contributed by atoms with Crippen LogP contribution in [0.4, 0.5) is 52.7 Å². The summed E-state index contributed by atoms with van der Waals surface area (Å²) in [5, 5.41) is 0. The van der Waals surface area contributed by atoms with Gasteiger partial charge >= 0.3 is 30.1 Å². The monoisotopic (exact) mass is 316 g/mol. The highest BCUT2D eigenvalue weighted by molar-refractivity contribution is 5.92. The third-order valence-corrected chi connectivity index (χ3v) is 1.87. The molecule has 0 saturated heterocycles. The minimum absolute atomic E-state index is 4.99. The zero-order valence-electron chi connectivity index (χ0n) is 7.94. The maximum atomic E-state index is 12.0. The van der Waals surface area contributed by atoms with Gasteiger partial charge in [0.25, 0.3) is 5.78 Å². The molecule has 114 valence electrons. The lowest BCUT2D eigenvalue weighted by molar-refractivity contribution is -0.412. The number of rotatable bonds is 1. The lowest BCUT2D eigenvalue weighted by atomic mass is 9.80. The molecule has 0 aliphatic carbocycles. The molecular formula is C6F12O. The molecule has 0 aliphatic rings. The number of Topliss-reactive ketones (excluding diaryl/α,β-unsaturated/α-hetero) is 1. The number of ketones is 1. The van der Waals surface area contributed by atoms with Crippen LogP contribution in [-0.2, 0) is 4.79 Å². The third-order valence-electron chi connectivity index (χ3n) is 1.87. The standard InChI is InChI=1S/C6F12O/c7-3(8,9)1(19)2(4(10,11)12,5(13,14)15)6(16,17)18. The second-order valence-corrected chi connectivity index (χ2v) is 3.07. The highest BCUT2D eigenvalue weighted by Gasteiger charge is 2.90. The SMILES string of the molecule is O=C(C(F)(F)F)C(C(F)(F)F)(C(F)(F)F)C(F)(F)F. The maximum Gasteiger partial charge on any atom is 0.451 e. The fourth-order valence-electron chi connectivity index (χ4n) is 1.08. The van der Waals surface area contributed by atoms with Crippen molar-refractivity contribution >= 4 is 5.78 Å². The highest BCUT2D eigenvalue weighted by atomic mass is 19.4. The van der Waals surface area contributed by atoms with Crippen molar-refractivity contribution in [2.24, 2.45) is 5.41 Å². The van der Waals surface area contributed by atoms with Crippen molar-refractivity contribution in [2.75, 3.05) is 0 Å². The molecule has 0 aromatic rings. The van der Waals surface area contributed by atoms with Crippen molar-refractivity contribution in [3.8, 4) is 0 Å². The molecule has 13 heteroatoms. The average molecular weight is 316 g/mol. The van der Waals surface area contributed by atoms with E-state index in [0.717, 1.165) is 0 Å². The number of carbonyl (C=O) groups excluding carboxylic acids is 1. The van der Waals surface area contributed by atoms with Crippen LogP contribution in [0.15, 0.2) is 0 Å². The lowest BCUT2D eigenvalue weighted by Crippen LogP contribution is -2.67. The van der Waals surface area contributed by atoms with E-state index in [1.165, 1.54) is 0 Å². The molecule has 0 aromatic heterocycles. The second kappa shape index (κ2) is 4.16. The zero-order valence-corrected chi connectivity index (χ0v) is 7.94. The van der Waals surface area contributed by atoms with Gasteiger partial charge in [-0.3, -0.25) is 4.79 Å². The van der Waals surface area contributed by atoms with Crippen LogP contribution in [0.5, 0.6) is 0 Å². The molecule has 0 atom stereocenters. The first-order valence-electron chi connectivity index (χ1n) is 3.72. The van der Waals surface area contributed by atoms with E-state index < -0.39 is 35.9 Å². The first-order valence-corrected chi connectivity index (χ1v) is 3.72. The van der Waals surface area contributed by atoms with Gasteiger partial charge in [0.1, 0.15) is 0 Å². The summed E-state index contributed by atoms with van der Waals surface area (Å²) < 4.78 is 143. The smallest absolute Gasteiger partial charge is 0.288 e. The number of carbonyl (C=O) groups is 1. The van der Waals surface area contributed by atoms with E-state index in [2.05, 4.69) is 0 Å². The van der Waals surface area contributed by atoms with Crippen LogP contribution >= 0.6 is 0 Å². The molecule has 0 radical (unpaired) electrons. The average Bonchev–Trinajstić information content (AvgIpc) is 1.92. The Hall–Kier alpha value is -1.17. The van der Waals surface area contributed by atoms with Crippen molar-refractivity contribution in [1.82, 2.24) is 0 Å². The van der Waals surface area contributed by atoms with E-state index in [9.17, 15) is 57.5 Å². The molecule has 0 N–H and O–H groups in total. The van der Waals surface area contributed by atoms with Crippen LogP contribution in [0.3, 0.4) is 0 Å². The summed E-state index contributed by atoms with van der Waals surface area (Å²) in [5.74, 6) is -4.99. The number of hydrogen-bond acceptors (Lipinski definition) is 1. The van der Waals surface area contributed by atoms with E-state index in [4.69, 9.17) is 0 Å². The van der Waals surface area contributed by atoms with Gasteiger partial charge in [-0.2, -0.15) is 52.7 Å². The summed E-state index contributed by atoms with van der Waals surface area (Å²) in [5.41, 5.74) is -7.51. The lowest BCUT2D eigenvalue weighted by Gasteiger charge is -2.37. The van der Waals surface area contributed by atoms with Crippen LogP contribution in [0.1, 0.15) is 0 Å². The predicted octanol–water partition coefficient (Wildman–Crippen LogP) is 3.79. The Kier molecular flexibility index (Phi) is 3.91. The van der Waals surface area contributed by atoms with Crippen molar-refractivity contribution in [1.29, 1.82) is 0 Å². The Bertz CT molecular complexity index is 314. The van der Waals surface area contributed by atoms with Crippen molar-refractivity contribution in [2.45, 2.75) is 24.7 Å². The molecule has 0 fully saturated rings. The van der Waals surface area contributed by atoms with Gasteiger partial charge in [-0.25, -0.2) is 0 Å². The maximum absolute atomic E-state index is 12.0. The Morgan fingerprint density at radius 2 is 0.737 bits per heavy atom. The molecule has 0 spiro atoms. The quantitative estimate of drug-likeness (QED) is 0.673. The summed E-state index contributed by atoms with van der Waals surface area (Å²) in [6.45, 7) is 0. The molecule has 1 nitrogen and oxygen atoms in total. The Balaban J connectivity index is 6.55. The number of halogens is 12. The van der Waals surface area contributed by atoms with E-state index in [0.29, 0.717) is 0 Å². The Morgan fingerprint density at radius 1 is 0.526 bits per heavy atom. The fraction of sp³-hybridized carbons (Fsp3) is 0.833. The summed E-state index contributed by atoms with van der Waals surface area (Å²) >= 11 is 0. The molecule has 0 bridgehead atoms. The summed E-state index contributed by atoms with van der Waals surface area (Å²) in [6.07, 6.45) is -29.7. The molecule has 0 aromatic carbocycles. The third kappa shape index (κ3) is 2.59. The molecule has 0 saturated carbocycles. The van der Waals surface area contributed by atoms with Crippen molar-refractivity contribution in [3.05, 3.63) is 0 Å². The topological polar surface area (TPSA) is 17.1 Å². The largest absolute Gasteiger partial charge is 0.451 e. The Morgan fingerprint density at radius 3 is 0.789 bits per heavy atom. The second-order valence-electron chi connectivity index (χ2n) is 3.07. The van der Waals surface area contributed by atoms with Gasteiger partial charge in [0.2, 0.25) is 0 Å². The first kappa shape index (κ1) is 17.8. The van der Waals surface area contributed by atoms with Gasteiger partial charge in [-0.05, 0) is 0 Å². The normalized spacial score (nSPS) is 15.6. The minimum atomic E-state index is -7.56. The van der Waals surface area contributed by atoms with Crippen LogP contribution in [0.2, 0.25) is 0 Å². The molecular weight excluding hydrogens is 316 g/mol. The summed E-state index contributed by atoms with van der Waals surface area (Å²) in [4.78, 5) is 10.1.